The molecule has 0 aromatic carbocycles. The Morgan fingerprint density at radius 3 is 2.55 bits per heavy atom. The van der Waals surface area contributed by atoms with Gasteiger partial charge in [0.1, 0.15) is 0 Å². The van der Waals surface area contributed by atoms with Crippen LogP contribution in [0.2, 0.25) is 0 Å². The molecule has 0 N–H and O–H groups in total. The lowest BCUT2D eigenvalue weighted by Crippen LogP contribution is -2.12. The van der Waals surface area contributed by atoms with Crippen LogP contribution in [0.25, 0.3) is 0 Å². The third-order valence-corrected chi connectivity index (χ3v) is 1.91. The van der Waals surface area contributed by atoms with Crippen LogP contribution < -0.4 is 0 Å². The van der Waals surface area contributed by atoms with E-state index in [1.807, 2.05) is 31.7 Å². The zero-order valence-corrected chi connectivity index (χ0v) is 7.26. The monoisotopic (exact) mass is 147 g/mol. The zero-order chi connectivity index (χ0) is 8.48. The summed E-state index contributed by atoms with van der Waals surface area (Å²) in [5, 5.41) is 0. The van der Waals surface area contributed by atoms with Gasteiger partial charge in [0.2, 0.25) is 0 Å². The summed E-state index contributed by atoms with van der Waals surface area (Å²) in [5.41, 5.74) is 1.06. The lowest BCUT2D eigenvalue weighted by Gasteiger charge is -2.14. The summed E-state index contributed by atoms with van der Waals surface area (Å²) in [6, 6.07) is 2.06. The first-order chi connectivity index (χ1) is 5.06. The molecule has 1 nitrogen and oxygen atoms in total. The molecule has 0 fully saturated rings. The van der Waals surface area contributed by atoms with Gasteiger partial charge in [-0.25, -0.2) is 0 Å². The molecule has 0 spiro atoms. The van der Waals surface area contributed by atoms with Crippen LogP contribution in [-0.4, -0.2) is 4.57 Å². The highest BCUT2D eigenvalue weighted by molar-refractivity contribution is 5.29. The van der Waals surface area contributed by atoms with E-state index in [4.69, 9.17) is 6.42 Å². The average molecular weight is 147 g/mol. The molecule has 0 atom stereocenters. The Morgan fingerprint density at radius 2 is 2.18 bits per heavy atom. The second-order valence-corrected chi connectivity index (χ2v) is 3.33. The van der Waals surface area contributed by atoms with Gasteiger partial charge in [-0.15, -0.1) is 6.42 Å². The Morgan fingerprint density at radius 1 is 1.55 bits per heavy atom. The Balaban J connectivity index is 3.04. The smallest absolute Gasteiger partial charge is 0.0518 e. The Kier molecular flexibility index (Phi) is 1.78. The molecule has 0 saturated heterocycles. The molecule has 0 bridgehead atoms. The largest absolute Gasteiger partial charge is 0.357 e. The number of hydrogen-bond donors (Lipinski definition) is 0. The Hall–Kier alpha value is -1.16. The standard InChI is InChI=1S/C10H13N/c1-5-10(2,3)9-6-7-11(4)8-9/h1,6-8H,2-4H3. The molecule has 0 amide bonds. The van der Waals surface area contributed by atoms with Gasteiger partial charge in [-0.3, -0.25) is 0 Å². The maximum Gasteiger partial charge on any atom is 0.0518 e. The SMILES string of the molecule is C#CC(C)(C)c1ccn(C)c1. The van der Waals surface area contributed by atoms with Gasteiger partial charge in [-0.05, 0) is 25.5 Å². The molecule has 0 unspecified atom stereocenters. The minimum absolute atomic E-state index is 0.138. The zero-order valence-electron chi connectivity index (χ0n) is 7.26. The lowest BCUT2D eigenvalue weighted by molar-refractivity contribution is 0.696. The van der Waals surface area contributed by atoms with E-state index in [1.165, 1.54) is 5.56 Å². The summed E-state index contributed by atoms with van der Waals surface area (Å²) in [5.74, 6) is 2.76. The molecule has 1 aromatic heterocycles. The van der Waals surface area contributed by atoms with Gasteiger partial charge in [0.05, 0.1) is 5.41 Å². The average Bonchev–Trinajstić information content (AvgIpc) is 2.36. The summed E-state index contributed by atoms with van der Waals surface area (Å²) in [6.07, 6.45) is 9.45. The third-order valence-electron chi connectivity index (χ3n) is 1.91. The van der Waals surface area contributed by atoms with E-state index in [0.29, 0.717) is 0 Å². The second-order valence-electron chi connectivity index (χ2n) is 3.33. The summed E-state index contributed by atoms with van der Waals surface area (Å²) < 4.78 is 2.01. The maximum absolute atomic E-state index is 5.39. The Labute approximate surface area is 68.0 Å². The van der Waals surface area contributed by atoms with Gasteiger partial charge in [-0.1, -0.05) is 5.92 Å². The summed E-state index contributed by atoms with van der Waals surface area (Å²) in [7, 11) is 2.00. The van der Waals surface area contributed by atoms with Gasteiger partial charge >= 0.3 is 0 Å². The van der Waals surface area contributed by atoms with Gasteiger partial charge in [-0.2, -0.15) is 0 Å². The van der Waals surface area contributed by atoms with Crippen molar-refractivity contribution in [3.63, 3.8) is 0 Å². The van der Waals surface area contributed by atoms with Gasteiger partial charge in [0.25, 0.3) is 0 Å². The third kappa shape index (κ3) is 1.46. The summed E-state index contributed by atoms with van der Waals surface area (Å²) >= 11 is 0. The van der Waals surface area contributed by atoms with Crippen LogP contribution in [0.15, 0.2) is 18.5 Å². The van der Waals surface area contributed by atoms with Crippen LogP contribution in [0.3, 0.4) is 0 Å². The van der Waals surface area contributed by atoms with Gasteiger partial charge in [0.15, 0.2) is 0 Å². The highest BCUT2D eigenvalue weighted by Crippen LogP contribution is 2.21. The van der Waals surface area contributed by atoms with Gasteiger partial charge < -0.3 is 4.57 Å². The molecule has 1 heterocycles. The van der Waals surface area contributed by atoms with E-state index < -0.39 is 0 Å². The molecule has 0 radical (unpaired) electrons. The molecule has 0 aliphatic carbocycles. The molecule has 1 heteroatoms. The lowest BCUT2D eigenvalue weighted by atomic mass is 9.88. The Bertz CT molecular complexity index is 286. The summed E-state index contributed by atoms with van der Waals surface area (Å²) in [4.78, 5) is 0. The number of nitrogens with zero attached hydrogens (tertiary/aromatic N) is 1. The second kappa shape index (κ2) is 2.47. The fraction of sp³-hybridized carbons (Fsp3) is 0.400. The van der Waals surface area contributed by atoms with Crippen LogP contribution >= 0.6 is 0 Å². The first kappa shape index (κ1) is 7.94. The molecular weight excluding hydrogens is 134 g/mol. The van der Waals surface area contributed by atoms with Crippen molar-refractivity contribution < 1.29 is 0 Å². The van der Waals surface area contributed by atoms with Crippen molar-refractivity contribution in [3.05, 3.63) is 24.0 Å². The molecule has 11 heavy (non-hydrogen) atoms. The number of rotatable bonds is 1. The number of hydrogen-bond acceptors (Lipinski definition) is 0. The van der Waals surface area contributed by atoms with Crippen LogP contribution in [0, 0.1) is 12.3 Å². The van der Waals surface area contributed by atoms with Crippen LogP contribution in [0.4, 0.5) is 0 Å². The minimum Gasteiger partial charge on any atom is -0.357 e. The fourth-order valence-corrected chi connectivity index (χ4v) is 0.956. The van der Waals surface area contributed by atoms with E-state index in [1.54, 1.807) is 0 Å². The molecular formula is C10H13N. The number of aromatic nitrogens is 1. The minimum atomic E-state index is -0.138. The van der Waals surface area contributed by atoms with Crippen LogP contribution in [0.5, 0.6) is 0 Å². The topological polar surface area (TPSA) is 4.93 Å². The van der Waals surface area contributed by atoms with Crippen molar-refractivity contribution in [1.29, 1.82) is 0 Å². The first-order valence-corrected chi connectivity index (χ1v) is 3.66. The highest BCUT2D eigenvalue weighted by Gasteiger charge is 2.17. The molecule has 0 aliphatic rings. The highest BCUT2D eigenvalue weighted by atomic mass is 14.9. The van der Waals surface area contributed by atoms with Crippen molar-refractivity contribution in [2.75, 3.05) is 0 Å². The van der Waals surface area contributed by atoms with E-state index in [-0.39, 0.29) is 5.41 Å². The fourth-order valence-electron chi connectivity index (χ4n) is 0.956. The van der Waals surface area contributed by atoms with Crippen molar-refractivity contribution in [1.82, 2.24) is 4.57 Å². The molecule has 58 valence electrons. The van der Waals surface area contributed by atoms with E-state index in [0.717, 1.165) is 0 Å². The van der Waals surface area contributed by atoms with Gasteiger partial charge in [0, 0.05) is 19.4 Å². The quantitative estimate of drug-likeness (QED) is 0.535. The van der Waals surface area contributed by atoms with Crippen LogP contribution in [0.1, 0.15) is 19.4 Å². The molecule has 0 saturated carbocycles. The van der Waals surface area contributed by atoms with Crippen molar-refractivity contribution in [3.8, 4) is 12.3 Å². The van der Waals surface area contributed by atoms with Crippen molar-refractivity contribution in [2.45, 2.75) is 19.3 Å². The van der Waals surface area contributed by atoms with E-state index in [9.17, 15) is 0 Å². The van der Waals surface area contributed by atoms with Crippen LogP contribution in [-0.2, 0) is 12.5 Å². The molecule has 1 aromatic rings. The first-order valence-electron chi connectivity index (χ1n) is 3.66. The van der Waals surface area contributed by atoms with E-state index >= 15 is 0 Å². The van der Waals surface area contributed by atoms with Crippen molar-refractivity contribution in [2.24, 2.45) is 7.05 Å². The maximum atomic E-state index is 5.39. The normalized spacial score (nSPS) is 11.1. The number of terminal acetylenes is 1. The van der Waals surface area contributed by atoms with E-state index in [2.05, 4.69) is 18.2 Å². The van der Waals surface area contributed by atoms with Crippen molar-refractivity contribution >= 4 is 0 Å². The summed E-state index contributed by atoms with van der Waals surface area (Å²) in [6.45, 7) is 4.09. The predicted octanol–water partition coefficient (Wildman–Crippen LogP) is 1.94. The predicted molar refractivity (Wildman–Crippen MR) is 47.3 cm³/mol. The molecule has 0 aliphatic heterocycles. The number of aryl methyl sites for hydroxylation is 1. The molecule has 1 rings (SSSR count).